The summed E-state index contributed by atoms with van der Waals surface area (Å²) in [5.74, 6) is 1.60. The maximum Gasteiger partial charge on any atom is 0.234 e. The average Bonchev–Trinajstić information content (AvgIpc) is 2.93. The normalized spacial score (nSPS) is 17.0. The summed E-state index contributed by atoms with van der Waals surface area (Å²) in [5, 5.41) is 14.5. The van der Waals surface area contributed by atoms with Gasteiger partial charge in [0, 0.05) is 17.9 Å². The highest BCUT2D eigenvalue weighted by Crippen LogP contribution is 2.38. The van der Waals surface area contributed by atoms with Crippen LogP contribution in [0.15, 0.2) is 0 Å². The van der Waals surface area contributed by atoms with Gasteiger partial charge in [-0.2, -0.15) is 9.61 Å². The fraction of sp³-hybridized carbons (Fsp3) is 0.769. The number of rotatable bonds is 5. The lowest BCUT2D eigenvalue weighted by molar-refractivity contribution is 0.385. The lowest BCUT2D eigenvalue weighted by Gasteiger charge is -2.27. The topological polar surface area (TPSA) is 69.1 Å². The quantitative estimate of drug-likeness (QED) is 0.913. The minimum absolute atomic E-state index is 0.00223. The second-order valence-corrected chi connectivity index (χ2v) is 6.44. The summed E-state index contributed by atoms with van der Waals surface area (Å²) in [5.41, 5.74) is 6.01. The van der Waals surface area contributed by atoms with Crippen LogP contribution >= 0.6 is 11.3 Å². The lowest BCUT2D eigenvalue weighted by Crippen LogP contribution is -2.34. The molecule has 3 rings (SSSR count). The highest BCUT2D eigenvalue weighted by Gasteiger charge is 2.33. The van der Waals surface area contributed by atoms with Crippen LogP contribution in [0.25, 0.3) is 4.96 Å². The Balaban J connectivity index is 2.03. The minimum atomic E-state index is 0.00223. The lowest BCUT2D eigenvalue weighted by atomic mass is 9.83. The van der Waals surface area contributed by atoms with E-state index in [1.54, 1.807) is 11.3 Å². The van der Waals surface area contributed by atoms with Crippen LogP contribution in [-0.4, -0.2) is 26.4 Å². The molecule has 0 aliphatic heterocycles. The molecule has 2 aromatic heterocycles. The van der Waals surface area contributed by atoms with E-state index in [4.69, 9.17) is 10.8 Å². The highest BCUT2D eigenvalue weighted by molar-refractivity contribution is 7.16. The molecule has 0 spiro atoms. The third kappa shape index (κ3) is 1.89. The molecule has 1 saturated carbocycles. The van der Waals surface area contributed by atoms with Crippen molar-refractivity contribution in [2.75, 3.05) is 6.54 Å². The molecule has 0 saturated heterocycles. The molecule has 0 aromatic carbocycles. The Labute approximate surface area is 117 Å². The van der Waals surface area contributed by atoms with Crippen LogP contribution in [0, 0.1) is 0 Å². The first-order valence-corrected chi connectivity index (χ1v) is 7.98. The van der Waals surface area contributed by atoms with Crippen molar-refractivity contribution in [3.05, 3.63) is 10.8 Å². The van der Waals surface area contributed by atoms with E-state index in [1.807, 2.05) is 4.52 Å². The van der Waals surface area contributed by atoms with Crippen LogP contribution in [0.5, 0.6) is 0 Å². The van der Waals surface area contributed by atoms with Gasteiger partial charge in [-0.3, -0.25) is 0 Å². The van der Waals surface area contributed by atoms with Crippen LogP contribution in [0.2, 0.25) is 0 Å². The molecule has 1 aliphatic rings. The van der Waals surface area contributed by atoms with E-state index in [9.17, 15) is 0 Å². The van der Waals surface area contributed by atoms with Gasteiger partial charge in [0.05, 0.1) is 0 Å². The molecular weight excluding hydrogens is 258 g/mol. The van der Waals surface area contributed by atoms with Gasteiger partial charge in [-0.05, 0) is 25.7 Å². The molecule has 2 N–H and O–H groups in total. The molecule has 0 atom stereocenters. The zero-order valence-electron chi connectivity index (χ0n) is 11.6. The van der Waals surface area contributed by atoms with Gasteiger partial charge in [-0.25, -0.2) is 0 Å². The van der Waals surface area contributed by atoms with Crippen LogP contribution in [0.3, 0.4) is 0 Å². The van der Waals surface area contributed by atoms with E-state index >= 15 is 0 Å². The average molecular weight is 279 g/mol. The molecule has 5 nitrogen and oxygen atoms in total. The number of nitrogens with two attached hydrogens (primary N) is 1. The molecule has 1 fully saturated rings. The standard InChI is InChI=1S/C13H21N5S/c1-3-13(4-2,8-14)11-17-18-10(9-6-5-7-9)15-16-12(18)19-11/h9H,3-8,14H2,1-2H3. The summed E-state index contributed by atoms with van der Waals surface area (Å²) >= 11 is 1.65. The fourth-order valence-corrected chi connectivity index (χ4v) is 3.88. The number of aromatic nitrogens is 4. The van der Waals surface area contributed by atoms with E-state index in [1.165, 1.54) is 19.3 Å². The van der Waals surface area contributed by atoms with Crippen molar-refractivity contribution in [1.82, 2.24) is 19.8 Å². The van der Waals surface area contributed by atoms with E-state index in [2.05, 4.69) is 24.0 Å². The Kier molecular flexibility index (Phi) is 3.30. The molecule has 2 aromatic rings. The van der Waals surface area contributed by atoms with E-state index < -0.39 is 0 Å². The Morgan fingerprint density at radius 1 is 1.32 bits per heavy atom. The van der Waals surface area contributed by atoms with Crippen molar-refractivity contribution in [2.45, 2.75) is 57.3 Å². The van der Waals surface area contributed by atoms with Crippen molar-refractivity contribution in [1.29, 1.82) is 0 Å². The Bertz CT molecular complexity index is 556. The van der Waals surface area contributed by atoms with Crippen LogP contribution < -0.4 is 5.73 Å². The van der Waals surface area contributed by atoms with Gasteiger partial charge in [0.15, 0.2) is 5.82 Å². The molecule has 2 heterocycles. The van der Waals surface area contributed by atoms with Crippen molar-refractivity contribution in [3.8, 4) is 0 Å². The van der Waals surface area contributed by atoms with Gasteiger partial charge in [0.25, 0.3) is 0 Å². The number of hydrogen-bond acceptors (Lipinski definition) is 5. The minimum Gasteiger partial charge on any atom is -0.329 e. The first kappa shape index (κ1) is 13.0. The van der Waals surface area contributed by atoms with E-state index in [0.29, 0.717) is 12.5 Å². The first-order valence-electron chi connectivity index (χ1n) is 7.16. The van der Waals surface area contributed by atoms with Crippen molar-refractivity contribution in [3.63, 3.8) is 0 Å². The summed E-state index contributed by atoms with van der Waals surface area (Å²) < 4.78 is 1.96. The van der Waals surface area contributed by atoms with Gasteiger partial charge in [-0.1, -0.05) is 31.6 Å². The van der Waals surface area contributed by atoms with Crippen LogP contribution in [0.4, 0.5) is 0 Å². The van der Waals surface area contributed by atoms with Crippen LogP contribution in [0.1, 0.15) is 62.7 Å². The number of fused-ring (bicyclic) bond motifs is 1. The summed E-state index contributed by atoms with van der Waals surface area (Å²) in [6, 6.07) is 0. The summed E-state index contributed by atoms with van der Waals surface area (Å²) in [6.07, 6.45) is 5.77. The Morgan fingerprint density at radius 2 is 2.05 bits per heavy atom. The highest BCUT2D eigenvalue weighted by atomic mass is 32.1. The molecule has 6 heteroatoms. The summed E-state index contributed by atoms with van der Waals surface area (Å²) in [6.45, 7) is 5.01. The van der Waals surface area contributed by atoms with Gasteiger partial charge in [0.2, 0.25) is 4.96 Å². The van der Waals surface area contributed by atoms with Crippen molar-refractivity contribution < 1.29 is 0 Å². The summed E-state index contributed by atoms with van der Waals surface area (Å²) in [7, 11) is 0. The van der Waals surface area contributed by atoms with E-state index in [0.717, 1.165) is 28.6 Å². The maximum absolute atomic E-state index is 6.01. The second kappa shape index (κ2) is 4.83. The zero-order chi connectivity index (χ0) is 13.5. The first-order chi connectivity index (χ1) is 9.24. The molecular formula is C13H21N5S. The summed E-state index contributed by atoms with van der Waals surface area (Å²) in [4.78, 5) is 0.914. The monoisotopic (exact) mass is 279 g/mol. The van der Waals surface area contributed by atoms with Crippen molar-refractivity contribution in [2.24, 2.45) is 5.73 Å². The van der Waals surface area contributed by atoms with Crippen LogP contribution in [-0.2, 0) is 5.41 Å². The predicted molar refractivity (Wildman–Crippen MR) is 76.6 cm³/mol. The molecule has 0 amide bonds. The molecule has 1 aliphatic carbocycles. The van der Waals surface area contributed by atoms with Gasteiger partial charge >= 0.3 is 0 Å². The van der Waals surface area contributed by atoms with Gasteiger partial charge in [0.1, 0.15) is 5.01 Å². The van der Waals surface area contributed by atoms with E-state index in [-0.39, 0.29) is 5.41 Å². The van der Waals surface area contributed by atoms with Crippen molar-refractivity contribution >= 4 is 16.3 Å². The predicted octanol–water partition coefficient (Wildman–Crippen LogP) is 2.47. The maximum atomic E-state index is 6.01. The molecule has 19 heavy (non-hydrogen) atoms. The third-order valence-electron chi connectivity index (χ3n) is 4.68. The number of hydrogen-bond donors (Lipinski definition) is 1. The molecule has 0 bridgehead atoms. The molecule has 104 valence electrons. The number of nitrogens with zero attached hydrogens (tertiary/aromatic N) is 4. The zero-order valence-corrected chi connectivity index (χ0v) is 12.4. The third-order valence-corrected chi connectivity index (χ3v) is 5.83. The Morgan fingerprint density at radius 3 is 2.58 bits per heavy atom. The molecule has 0 unspecified atom stereocenters. The smallest absolute Gasteiger partial charge is 0.234 e. The van der Waals surface area contributed by atoms with Gasteiger partial charge in [-0.15, -0.1) is 10.2 Å². The SMILES string of the molecule is CCC(CC)(CN)c1nn2c(C3CCC3)nnc2s1. The second-order valence-electron chi connectivity index (χ2n) is 5.48. The van der Waals surface area contributed by atoms with Gasteiger partial charge < -0.3 is 5.73 Å². The molecule has 0 radical (unpaired) electrons. The largest absolute Gasteiger partial charge is 0.329 e. The fourth-order valence-electron chi connectivity index (χ4n) is 2.70. The Hall–Kier alpha value is -1.01.